The molecule has 0 spiro atoms. The summed E-state index contributed by atoms with van der Waals surface area (Å²) >= 11 is 0. The van der Waals surface area contributed by atoms with E-state index in [4.69, 9.17) is 15.2 Å². The van der Waals surface area contributed by atoms with Crippen molar-refractivity contribution in [3.63, 3.8) is 0 Å². The third kappa shape index (κ3) is 3.79. The van der Waals surface area contributed by atoms with Gasteiger partial charge in [0.2, 0.25) is 0 Å². The summed E-state index contributed by atoms with van der Waals surface area (Å²) < 4.78 is 11.7. The summed E-state index contributed by atoms with van der Waals surface area (Å²) in [5, 5.41) is 3.39. The third-order valence-electron chi connectivity index (χ3n) is 5.09. The van der Waals surface area contributed by atoms with Crippen LogP contribution in [0.1, 0.15) is 30.9 Å². The zero-order valence-corrected chi connectivity index (χ0v) is 14.3. The van der Waals surface area contributed by atoms with Gasteiger partial charge in [-0.05, 0) is 63.0 Å². The summed E-state index contributed by atoms with van der Waals surface area (Å²) in [5.74, 6) is 2.26. The molecule has 1 aromatic rings. The van der Waals surface area contributed by atoms with E-state index in [1.54, 1.807) is 7.11 Å². The van der Waals surface area contributed by atoms with Crippen molar-refractivity contribution in [1.82, 2.24) is 10.2 Å². The minimum atomic E-state index is 0.228. The van der Waals surface area contributed by atoms with Crippen LogP contribution in [0, 0.1) is 5.92 Å². The van der Waals surface area contributed by atoms with Crippen molar-refractivity contribution in [2.75, 3.05) is 40.3 Å². The number of likely N-dealkylation sites (tertiary alicyclic amines) is 1. The van der Waals surface area contributed by atoms with Gasteiger partial charge in [-0.1, -0.05) is 6.07 Å². The van der Waals surface area contributed by atoms with E-state index in [1.165, 1.54) is 5.56 Å². The summed E-state index contributed by atoms with van der Waals surface area (Å²) in [5.41, 5.74) is 7.15. The summed E-state index contributed by atoms with van der Waals surface area (Å²) in [7, 11) is 3.88. The van der Waals surface area contributed by atoms with Crippen LogP contribution in [-0.2, 0) is 0 Å². The number of piperidine rings is 1. The van der Waals surface area contributed by atoms with Crippen LogP contribution < -0.4 is 20.5 Å². The number of nitrogens with zero attached hydrogens (tertiary/aromatic N) is 1. The van der Waals surface area contributed by atoms with E-state index >= 15 is 0 Å². The number of nitrogens with two attached hydrogens (primary N) is 1. The quantitative estimate of drug-likeness (QED) is 0.866. The molecule has 128 valence electrons. The molecule has 5 nitrogen and oxygen atoms in total. The number of methoxy groups -OCH3 is 1. The van der Waals surface area contributed by atoms with Gasteiger partial charge in [0, 0.05) is 19.1 Å². The molecule has 2 aliphatic rings. The second-order valence-electron chi connectivity index (χ2n) is 6.79. The maximum atomic E-state index is 6.24. The van der Waals surface area contributed by atoms with Crippen molar-refractivity contribution < 1.29 is 9.47 Å². The Balaban J connectivity index is 1.78. The first-order valence-electron chi connectivity index (χ1n) is 8.67. The van der Waals surface area contributed by atoms with Crippen LogP contribution in [0.5, 0.6) is 11.5 Å². The Morgan fingerprint density at radius 2 is 2.22 bits per heavy atom. The number of nitrogens with one attached hydrogen (secondary N) is 1. The maximum Gasteiger partial charge on any atom is 0.161 e. The maximum absolute atomic E-state index is 6.24. The summed E-state index contributed by atoms with van der Waals surface area (Å²) in [4.78, 5) is 2.39. The van der Waals surface area contributed by atoms with Gasteiger partial charge in [-0.25, -0.2) is 0 Å². The Kier molecular flexibility index (Phi) is 5.41. The van der Waals surface area contributed by atoms with Gasteiger partial charge < -0.3 is 20.5 Å². The van der Waals surface area contributed by atoms with Crippen molar-refractivity contribution in [3.05, 3.63) is 23.8 Å². The van der Waals surface area contributed by atoms with Crippen LogP contribution in [0.3, 0.4) is 0 Å². The normalized spacial score (nSPS) is 28.7. The molecular formula is C18H29N3O2. The molecule has 3 unspecified atom stereocenters. The van der Waals surface area contributed by atoms with E-state index in [9.17, 15) is 0 Å². The molecular weight excluding hydrogens is 290 g/mol. The minimum Gasteiger partial charge on any atom is -0.493 e. The molecule has 5 heteroatoms. The topological polar surface area (TPSA) is 59.8 Å². The zero-order valence-electron chi connectivity index (χ0n) is 14.3. The van der Waals surface area contributed by atoms with E-state index in [-0.39, 0.29) is 6.10 Å². The van der Waals surface area contributed by atoms with Gasteiger partial charge in [-0.15, -0.1) is 0 Å². The van der Waals surface area contributed by atoms with E-state index in [0.29, 0.717) is 12.0 Å². The van der Waals surface area contributed by atoms with Crippen LogP contribution in [0.15, 0.2) is 18.2 Å². The highest BCUT2D eigenvalue weighted by Crippen LogP contribution is 2.38. The predicted octanol–water partition coefficient (Wildman–Crippen LogP) is 1.78. The summed E-state index contributed by atoms with van der Waals surface area (Å²) in [6, 6.07) is 6.77. The Morgan fingerprint density at radius 3 is 2.87 bits per heavy atom. The van der Waals surface area contributed by atoms with E-state index < -0.39 is 0 Å². The highest BCUT2D eigenvalue weighted by Gasteiger charge is 2.30. The Morgan fingerprint density at radius 1 is 1.35 bits per heavy atom. The third-order valence-corrected chi connectivity index (χ3v) is 5.09. The van der Waals surface area contributed by atoms with Crippen LogP contribution >= 0.6 is 0 Å². The predicted molar refractivity (Wildman–Crippen MR) is 92.0 cm³/mol. The number of benzene rings is 1. The monoisotopic (exact) mass is 319 g/mol. The summed E-state index contributed by atoms with van der Waals surface area (Å²) in [6.07, 6.45) is 3.60. The highest BCUT2D eigenvalue weighted by molar-refractivity contribution is 5.44. The molecule has 2 saturated heterocycles. The van der Waals surface area contributed by atoms with Crippen molar-refractivity contribution in [2.24, 2.45) is 11.7 Å². The number of rotatable bonds is 5. The first-order valence-corrected chi connectivity index (χ1v) is 8.67. The molecule has 0 aromatic heterocycles. The lowest BCUT2D eigenvalue weighted by molar-refractivity contribution is 0.160. The molecule has 3 N–H and O–H groups in total. The first kappa shape index (κ1) is 16.6. The number of ether oxygens (including phenoxy) is 2. The lowest BCUT2D eigenvalue weighted by atomic mass is 9.99. The molecule has 0 radical (unpaired) electrons. The Hall–Kier alpha value is -1.30. The fraction of sp³-hybridized carbons (Fsp3) is 0.667. The van der Waals surface area contributed by atoms with Crippen molar-refractivity contribution in [3.8, 4) is 11.5 Å². The SMILES string of the molecule is COc1ccc(C2CC(CN)CN2C)cc1OC1CCCNC1. The molecule has 3 atom stereocenters. The average Bonchev–Trinajstić information content (AvgIpc) is 2.97. The molecule has 0 saturated carbocycles. The standard InChI is InChI=1S/C18H29N3O2/c1-21-12-13(10-19)8-16(21)14-5-6-17(22-2)18(9-14)23-15-4-3-7-20-11-15/h5-6,9,13,15-16,20H,3-4,7-8,10-12,19H2,1-2H3. The molecule has 3 rings (SSSR count). The van der Waals surface area contributed by atoms with Gasteiger partial charge in [0.05, 0.1) is 7.11 Å². The largest absolute Gasteiger partial charge is 0.493 e. The second kappa shape index (κ2) is 7.51. The first-order chi connectivity index (χ1) is 11.2. The van der Waals surface area contributed by atoms with Crippen LogP contribution in [0.4, 0.5) is 0 Å². The molecule has 1 aromatic carbocycles. The van der Waals surface area contributed by atoms with Crippen LogP contribution in [0.25, 0.3) is 0 Å². The lowest BCUT2D eigenvalue weighted by Gasteiger charge is -2.26. The zero-order chi connectivity index (χ0) is 16.2. The molecule has 0 bridgehead atoms. The molecule has 2 aliphatic heterocycles. The van der Waals surface area contributed by atoms with E-state index in [2.05, 4.69) is 29.4 Å². The molecule has 0 aliphatic carbocycles. The average molecular weight is 319 g/mol. The molecule has 23 heavy (non-hydrogen) atoms. The van der Waals surface area contributed by atoms with Gasteiger partial charge in [0.25, 0.3) is 0 Å². The second-order valence-corrected chi connectivity index (χ2v) is 6.79. The smallest absolute Gasteiger partial charge is 0.161 e. The molecule has 2 fully saturated rings. The van der Waals surface area contributed by atoms with Gasteiger partial charge in [0.1, 0.15) is 6.10 Å². The minimum absolute atomic E-state index is 0.228. The van der Waals surface area contributed by atoms with Gasteiger partial charge >= 0.3 is 0 Å². The fourth-order valence-corrected chi connectivity index (χ4v) is 3.76. The highest BCUT2D eigenvalue weighted by atomic mass is 16.5. The van der Waals surface area contributed by atoms with Gasteiger partial charge in [0.15, 0.2) is 11.5 Å². The van der Waals surface area contributed by atoms with Crippen molar-refractivity contribution in [1.29, 1.82) is 0 Å². The van der Waals surface area contributed by atoms with Gasteiger partial charge in [-0.3, -0.25) is 4.90 Å². The van der Waals surface area contributed by atoms with Gasteiger partial charge in [-0.2, -0.15) is 0 Å². The molecule has 2 heterocycles. The summed E-state index contributed by atoms with van der Waals surface area (Å²) in [6.45, 7) is 3.82. The van der Waals surface area contributed by atoms with Crippen LogP contribution in [0.2, 0.25) is 0 Å². The lowest BCUT2D eigenvalue weighted by Crippen LogP contribution is -2.37. The van der Waals surface area contributed by atoms with Crippen molar-refractivity contribution in [2.45, 2.75) is 31.4 Å². The van der Waals surface area contributed by atoms with Crippen LogP contribution in [-0.4, -0.2) is 51.3 Å². The molecule has 0 amide bonds. The van der Waals surface area contributed by atoms with E-state index in [0.717, 1.165) is 56.9 Å². The number of hydrogen-bond donors (Lipinski definition) is 2. The Labute approximate surface area is 139 Å². The van der Waals surface area contributed by atoms with E-state index in [1.807, 2.05) is 6.07 Å². The van der Waals surface area contributed by atoms with Crippen molar-refractivity contribution >= 4 is 0 Å². The fourth-order valence-electron chi connectivity index (χ4n) is 3.76. The Bertz CT molecular complexity index is 517. The number of hydrogen-bond acceptors (Lipinski definition) is 5.